The van der Waals surface area contributed by atoms with E-state index < -0.39 is 17.7 Å². The molecule has 2 aliphatic heterocycles. The van der Waals surface area contributed by atoms with Crippen LogP contribution in [0, 0.1) is 0 Å². The van der Waals surface area contributed by atoms with Gasteiger partial charge in [0.25, 0.3) is 11.7 Å². The zero-order valence-corrected chi connectivity index (χ0v) is 22.7. The van der Waals surface area contributed by atoms with Crippen LogP contribution in [0.4, 0.5) is 0 Å². The molecule has 8 heteroatoms. The molecular weight excluding hydrogens is 510 g/mol. The Bertz CT molecular complexity index is 1420. The first kappa shape index (κ1) is 27.1. The highest BCUT2D eigenvalue weighted by Gasteiger charge is 2.46. The summed E-state index contributed by atoms with van der Waals surface area (Å²) in [4.78, 5) is 28.5. The molecule has 1 fully saturated rings. The average molecular weight is 544 g/mol. The third-order valence-electron chi connectivity index (χ3n) is 6.89. The minimum atomic E-state index is -0.850. The van der Waals surface area contributed by atoms with Crippen molar-refractivity contribution in [3.63, 3.8) is 0 Å². The van der Waals surface area contributed by atoms with Crippen LogP contribution in [-0.4, -0.2) is 48.1 Å². The second-order valence-electron chi connectivity index (χ2n) is 9.61. The zero-order chi connectivity index (χ0) is 28.1. The van der Waals surface area contributed by atoms with Crippen molar-refractivity contribution >= 4 is 17.4 Å². The van der Waals surface area contributed by atoms with Crippen LogP contribution in [0.5, 0.6) is 23.0 Å². The normalized spacial score (nSPS) is 17.6. The molecule has 1 N–H and O–H groups in total. The predicted octanol–water partition coefficient (Wildman–Crippen LogP) is 5.66. The first-order valence-corrected chi connectivity index (χ1v) is 13.6. The highest BCUT2D eigenvalue weighted by atomic mass is 16.6. The van der Waals surface area contributed by atoms with Crippen molar-refractivity contribution in [2.24, 2.45) is 0 Å². The van der Waals surface area contributed by atoms with Gasteiger partial charge >= 0.3 is 0 Å². The Labute approximate surface area is 233 Å². The van der Waals surface area contributed by atoms with Gasteiger partial charge in [0.2, 0.25) is 0 Å². The van der Waals surface area contributed by atoms with Crippen LogP contribution in [-0.2, 0) is 16.1 Å². The fourth-order valence-electron chi connectivity index (χ4n) is 4.92. The molecule has 5 rings (SSSR count). The average Bonchev–Trinajstić information content (AvgIpc) is 3.23. The van der Waals surface area contributed by atoms with E-state index in [9.17, 15) is 14.7 Å². The molecule has 3 aromatic rings. The number of hydrogen-bond donors (Lipinski definition) is 1. The molecule has 1 unspecified atom stereocenters. The lowest BCUT2D eigenvalue weighted by atomic mass is 9.94. The number of ketones is 1. The molecule has 3 aromatic carbocycles. The van der Waals surface area contributed by atoms with E-state index >= 15 is 0 Å². The summed E-state index contributed by atoms with van der Waals surface area (Å²) in [6, 6.07) is 19.0. The fraction of sp³-hybridized carbons (Fsp3) is 0.312. The number of hydrogen-bond acceptors (Lipinski definition) is 7. The van der Waals surface area contributed by atoms with Gasteiger partial charge in [0.15, 0.2) is 23.0 Å². The molecular formula is C32H33NO7. The van der Waals surface area contributed by atoms with Crippen LogP contribution in [0.3, 0.4) is 0 Å². The number of aliphatic hydroxyl groups excluding tert-OH is 1. The van der Waals surface area contributed by atoms with Crippen LogP contribution in [0.25, 0.3) is 5.76 Å². The molecule has 208 valence electrons. The van der Waals surface area contributed by atoms with E-state index in [4.69, 9.17) is 18.9 Å². The number of rotatable bonds is 10. The van der Waals surface area contributed by atoms with Crippen LogP contribution in [0.1, 0.15) is 49.4 Å². The molecule has 40 heavy (non-hydrogen) atoms. The van der Waals surface area contributed by atoms with E-state index in [0.717, 1.165) is 18.4 Å². The van der Waals surface area contributed by atoms with Crippen molar-refractivity contribution in [3.05, 3.63) is 89.0 Å². The first-order valence-electron chi connectivity index (χ1n) is 13.6. The van der Waals surface area contributed by atoms with Gasteiger partial charge in [-0.05, 0) is 54.8 Å². The molecule has 1 atom stereocenters. The van der Waals surface area contributed by atoms with Crippen molar-refractivity contribution in [1.82, 2.24) is 4.90 Å². The van der Waals surface area contributed by atoms with Gasteiger partial charge in [-0.2, -0.15) is 0 Å². The number of carbonyl (C=O) groups excluding carboxylic acids is 2. The fourth-order valence-corrected chi connectivity index (χ4v) is 4.92. The number of unbranched alkanes of at least 4 members (excludes halogenated alkanes) is 1. The number of amides is 1. The number of benzene rings is 3. The third-order valence-corrected chi connectivity index (χ3v) is 6.89. The quantitative estimate of drug-likeness (QED) is 0.153. The Morgan fingerprint density at radius 1 is 0.925 bits per heavy atom. The Morgan fingerprint density at radius 2 is 1.70 bits per heavy atom. The predicted molar refractivity (Wildman–Crippen MR) is 150 cm³/mol. The maximum absolute atomic E-state index is 13.5. The molecule has 0 aromatic heterocycles. The highest BCUT2D eigenvalue weighted by molar-refractivity contribution is 6.46. The molecule has 8 nitrogen and oxygen atoms in total. The van der Waals surface area contributed by atoms with E-state index in [1.54, 1.807) is 30.3 Å². The molecule has 0 saturated carbocycles. The second-order valence-corrected chi connectivity index (χ2v) is 9.61. The van der Waals surface area contributed by atoms with Gasteiger partial charge in [-0.1, -0.05) is 49.7 Å². The summed E-state index contributed by atoms with van der Waals surface area (Å²) in [5.41, 5.74) is 1.84. The van der Waals surface area contributed by atoms with E-state index in [0.29, 0.717) is 60.6 Å². The number of likely N-dealkylation sites (tertiary alicyclic amines) is 1. The molecule has 0 radical (unpaired) electrons. The summed E-state index contributed by atoms with van der Waals surface area (Å²) in [7, 11) is 0. The van der Waals surface area contributed by atoms with Gasteiger partial charge in [-0.15, -0.1) is 0 Å². The number of Topliss-reactive ketones (excluding diaryl/α,β-unsaturated/α-hetero) is 1. The van der Waals surface area contributed by atoms with Crippen molar-refractivity contribution < 1.29 is 33.6 Å². The molecule has 0 bridgehead atoms. The lowest BCUT2D eigenvalue weighted by Crippen LogP contribution is -2.29. The molecule has 2 heterocycles. The summed E-state index contributed by atoms with van der Waals surface area (Å²) in [6.45, 7) is 5.93. The smallest absolute Gasteiger partial charge is 0.295 e. The standard InChI is InChI=1S/C32H33NO7/c1-3-5-15-38-24-13-11-22(18-26(24)37-4-2)29-28(30(34)23-12-14-25-27(19-23)40-17-16-39-25)31(35)32(36)33(29)20-21-9-7-6-8-10-21/h6-14,18-19,29,34H,3-5,15-17,20H2,1-2H3/b30-28-. The number of aliphatic hydroxyl groups is 1. The Hall–Kier alpha value is -4.46. The van der Waals surface area contributed by atoms with Gasteiger partial charge in [0.1, 0.15) is 19.0 Å². The highest BCUT2D eigenvalue weighted by Crippen LogP contribution is 2.43. The summed E-state index contributed by atoms with van der Waals surface area (Å²) >= 11 is 0. The monoisotopic (exact) mass is 543 g/mol. The van der Waals surface area contributed by atoms with Gasteiger partial charge in [-0.25, -0.2) is 0 Å². The Morgan fingerprint density at radius 3 is 2.45 bits per heavy atom. The van der Waals surface area contributed by atoms with Crippen molar-refractivity contribution in [2.75, 3.05) is 26.4 Å². The van der Waals surface area contributed by atoms with Crippen molar-refractivity contribution in [1.29, 1.82) is 0 Å². The second kappa shape index (κ2) is 12.2. The zero-order valence-electron chi connectivity index (χ0n) is 22.7. The van der Waals surface area contributed by atoms with Crippen molar-refractivity contribution in [3.8, 4) is 23.0 Å². The topological polar surface area (TPSA) is 94.5 Å². The maximum atomic E-state index is 13.5. The van der Waals surface area contributed by atoms with E-state index in [2.05, 4.69) is 6.92 Å². The number of ether oxygens (including phenoxy) is 4. The largest absolute Gasteiger partial charge is 0.507 e. The summed E-state index contributed by atoms with van der Waals surface area (Å²) in [5, 5.41) is 11.5. The van der Waals surface area contributed by atoms with Crippen molar-refractivity contribution in [2.45, 2.75) is 39.3 Å². The Kier molecular flexibility index (Phi) is 8.24. The van der Waals surface area contributed by atoms with E-state index in [1.165, 1.54) is 4.90 Å². The third kappa shape index (κ3) is 5.47. The summed E-state index contributed by atoms with van der Waals surface area (Å²) < 4.78 is 23.1. The number of fused-ring (bicyclic) bond motifs is 1. The molecule has 1 saturated heterocycles. The van der Waals surface area contributed by atoms with Crippen LogP contribution >= 0.6 is 0 Å². The minimum Gasteiger partial charge on any atom is -0.507 e. The summed E-state index contributed by atoms with van der Waals surface area (Å²) in [6.07, 6.45) is 1.90. The number of carbonyl (C=O) groups is 2. The van der Waals surface area contributed by atoms with Gasteiger partial charge in [-0.3, -0.25) is 9.59 Å². The first-order chi connectivity index (χ1) is 19.5. The van der Waals surface area contributed by atoms with Crippen LogP contribution < -0.4 is 18.9 Å². The minimum absolute atomic E-state index is 0.000270. The molecule has 1 amide bonds. The lowest BCUT2D eigenvalue weighted by molar-refractivity contribution is -0.140. The molecule has 0 spiro atoms. The molecule has 0 aliphatic carbocycles. The van der Waals surface area contributed by atoms with Crippen LogP contribution in [0.2, 0.25) is 0 Å². The van der Waals surface area contributed by atoms with Gasteiger partial charge < -0.3 is 29.0 Å². The maximum Gasteiger partial charge on any atom is 0.295 e. The summed E-state index contributed by atoms with van der Waals surface area (Å²) in [5.74, 6) is 0.411. The van der Waals surface area contributed by atoms with Gasteiger partial charge in [0.05, 0.1) is 24.8 Å². The lowest BCUT2D eigenvalue weighted by Gasteiger charge is -2.26. The van der Waals surface area contributed by atoms with Gasteiger partial charge in [0, 0.05) is 12.1 Å². The van der Waals surface area contributed by atoms with E-state index in [1.807, 2.05) is 43.3 Å². The molecule has 2 aliphatic rings. The van der Waals surface area contributed by atoms with Crippen LogP contribution in [0.15, 0.2) is 72.3 Å². The SMILES string of the molecule is CCCCOc1ccc(C2/C(=C(/O)c3ccc4c(c3)OCCO4)C(=O)C(=O)N2Cc2ccccc2)cc1OCC. The number of nitrogens with zero attached hydrogens (tertiary/aromatic N) is 1. The van der Waals surface area contributed by atoms with E-state index in [-0.39, 0.29) is 17.9 Å². The Balaban J connectivity index is 1.61.